The first-order chi connectivity index (χ1) is 16.6. The number of piperidine rings is 1. The Kier molecular flexibility index (Phi) is 7.69. The summed E-state index contributed by atoms with van der Waals surface area (Å²) in [4.78, 5) is 19.3. The van der Waals surface area contributed by atoms with Gasteiger partial charge in [-0.3, -0.25) is 4.79 Å². The number of thioether (sulfide) groups is 1. The van der Waals surface area contributed by atoms with Gasteiger partial charge in [0.2, 0.25) is 5.91 Å². The summed E-state index contributed by atoms with van der Waals surface area (Å²) in [5, 5.41) is 32.3. The van der Waals surface area contributed by atoms with Crippen molar-refractivity contribution in [1.82, 2.24) is 10.3 Å². The van der Waals surface area contributed by atoms with E-state index in [4.69, 9.17) is 15.8 Å². The van der Waals surface area contributed by atoms with Gasteiger partial charge in [-0.05, 0) is 42.7 Å². The monoisotopic (exact) mass is 476 g/mol. The number of nitrogens with zero attached hydrogens (tertiary/aromatic N) is 4. The lowest BCUT2D eigenvalue weighted by molar-refractivity contribution is -0.117. The molecule has 1 aliphatic carbocycles. The highest BCUT2D eigenvalue weighted by molar-refractivity contribution is 8.00. The number of hydrogen-bond donors (Lipinski definition) is 3. The Balaban J connectivity index is 1.72. The van der Waals surface area contributed by atoms with Gasteiger partial charge in [0.15, 0.2) is 0 Å². The number of carbonyl (C=O) groups excluding carboxylic acids is 1. The predicted molar refractivity (Wildman–Crippen MR) is 130 cm³/mol. The fourth-order valence-electron chi connectivity index (χ4n) is 4.48. The first-order valence-corrected chi connectivity index (χ1v) is 12.4. The molecule has 9 heteroatoms. The second-order valence-corrected chi connectivity index (χ2v) is 9.75. The van der Waals surface area contributed by atoms with Gasteiger partial charge in [0.05, 0.1) is 17.7 Å². The Bertz CT molecular complexity index is 1110. The number of nitrogens with two attached hydrogens (primary N) is 1. The van der Waals surface area contributed by atoms with E-state index >= 15 is 0 Å². The highest BCUT2D eigenvalue weighted by Gasteiger charge is 2.35. The molecule has 1 aromatic heterocycles. The Morgan fingerprint density at radius 2 is 1.85 bits per heavy atom. The van der Waals surface area contributed by atoms with Crippen molar-refractivity contribution in [1.29, 1.82) is 10.5 Å². The van der Waals surface area contributed by atoms with Crippen molar-refractivity contribution >= 4 is 23.5 Å². The lowest BCUT2D eigenvalue weighted by Gasteiger charge is -2.34. The smallest absolute Gasteiger partial charge is 0.235 e. The molecule has 2 aliphatic rings. The lowest BCUT2D eigenvalue weighted by atomic mass is 9.98. The van der Waals surface area contributed by atoms with Gasteiger partial charge in [-0.2, -0.15) is 10.5 Å². The molecule has 0 bridgehead atoms. The van der Waals surface area contributed by atoms with Crippen LogP contribution in [0.3, 0.4) is 0 Å². The predicted octanol–water partition coefficient (Wildman–Crippen LogP) is 2.57. The van der Waals surface area contributed by atoms with Gasteiger partial charge in [-0.15, -0.1) is 0 Å². The molecular weight excluding hydrogens is 448 g/mol. The normalized spacial score (nSPS) is 17.1. The zero-order valence-corrected chi connectivity index (χ0v) is 19.7. The molecule has 2 heterocycles. The number of rotatable bonds is 9. The molecule has 1 atom stereocenters. The summed E-state index contributed by atoms with van der Waals surface area (Å²) in [7, 11) is 0. The summed E-state index contributed by atoms with van der Waals surface area (Å²) in [5.41, 5.74) is 8.12. The molecule has 0 radical (unpaired) electrons. The summed E-state index contributed by atoms with van der Waals surface area (Å²) in [6.07, 6.45) is 3.59. The van der Waals surface area contributed by atoms with Gasteiger partial charge in [-0.25, -0.2) is 4.98 Å². The largest absolute Gasteiger partial charge is 0.395 e. The van der Waals surface area contributed by atoms with Crippen LogP contribution in [0, 0.1) is 22.7 Å². The maximum absolute atomic E-state index is 12.4. The number of aliphatic hydroxyl groups excluding tert-OH is 1. The minimum Gasteiger partial charge on any atom is -0.395 e. The number of primary amides is 1. The quantitative estimate of drug-likeness (QED) is 0.469. The topological polar surface area (TPSA) is 139 Å². The third-order valence-electron chi connectivity index (χ3n) is 6.32. The van der Waals surface area contributed by atoms with Crippen molar-refractivity contribution in [2.24, 2.45) is 5.73 Å². The molecule has 4 rings (SSSR count). The second-order valence-electron chi connectivity index (χ2n) is 8.65. The molecule has 1 aliphatic heterocycles. The number of anilines is 1. The van der Waals surface area contributed by atoms with E-state index in [2.05, 4.69) is 22.4 Å². The van der Waals surface area contributed by atoms with Crippen LogP contribution in [0.2, 0.25) is 0 Å². The van der Waals surface area contributed by atoms with Crippen molar-refractivity contribution in [3.8, 4) is 12.1 Å². The zero-order chi connectivity index (χ0) is 24.1. The van der Waals surface area contributed by atoms with Crippen LogP contribution in [0.1, 0.15) is 59.1 Å². The van der Waals surface area contributed by atoms with Gasteiger partial charge in [-0.1, -0.05) is 42.1 Å². The number of pyridine rings is 1. The van der Waals surface area contributed by atoms with Crippen LogP contribution in [0.25, 0.3) is 0 Å². The molecule has 0 spiro atoms. The van der Waals surface area contributed by atoms with Gasteiger partial charge >= 0.3 is 0 Å². The fourth-order valence-corrected chi connectivity index (χ4v) is 5.52. The molecule has 1 aromatic carbocycles. The van der Waals surface area contributed by atoms with E-state index in [1.165, 1.54) is 11.8 Å². The van der Waals surface area contributed by atoms with Gasteiger partial charge in [0, 0.05) is 25.7 Å². The Labute approximate surface area is 203 Å². The van der Waals surface area contributed by atoms with Gasteiger partial charge in [0.1, 0.15) is 28.2 Å². The van der Waals surface area contributed by atoms with Gasteiger partial charge in [0.25, 0.3) is 0 Å². The highest BCUT2D eigenvalue weighted by Crippen LogP contribution is 2.48. The molecule has 176 valence electrons. The Morgan fingerprint density at radius 3 is 2.41 bits per heavy atom. The van der Waals surface area contributed by atoms with Crippen molar-refractivity contribution in [2.45, 2.75) is 47.9 Å². The third kappa shape index (κ3) is 5.18. The van der Waals surface area contributed by atoms with Gasteiger partial charge < -0.3 is 21.1 Å². The Morgan fingerprint density at radius 1 is 1.18 bits per heavy atom. The van der Waals surface area contributed by atoms with Crippen LogP contribution in [0.4, 0.5) is 5.82 Å². The molecule has 2 aromatic rings. The van der Waals surface area contributed by atoms with E-state index in [1.54, 1.807) is 0 Å². The van der Waals surface area contributed by atoms with Crippen molar-refractivity contribution < 1.29 is 9.90 Å². The van der Waals surface area contributed by atoms with E-state index in [9.17, 15) is 15.3 Å². The number of benzene rings is 1. The van der Waals surface area contributed by atoms with Crippen molar-refractivity contribution in [3.05, 3.63) is 52.6 Å². The fraction of sp³-hybridized carbons (Fsp3) is 0.440. The number of hydrogen-bond acceptors (Lipinski definition) is 8. The molecule has 34 heavy (non-hydrogen) atoms. The van der Waals surface area contributed by atoms with Crippen LogP contribution in [-0.2, 0) is 4.79 Å². The van der Waals surface area contributed by atoms with Crippen molar-refractivity contribution in [3.63, 3.8) is 0 Å². The van der Waals surface area contributed by atoms with Crippen LogP contribution in [0.15, 0.2) is 35.4 Å². The molecule has 1 saturated heterocycles. The summed E-state index contributed by atoms with van der Waals surface area (Å²) in [6.45, 7) is 2.08. The summed E-state index contributed by atoms with van der Waals surface area (Å²) in [5.74, 6) is 0.247. The number of aromatic nitrogens is 1. The van der Waals surface area contributed by atoms with Crippen LogP contribution in [0.5, 0.6) is 0 Å². The molecular formula is C25H28N6O2S. The standard InChI is InChI=1S/C25H28N6O2S/c26-14-19-21(16-6-7-16)20(15-27)25(34-22(23(28)33)17-4-2-1-3-5-17)30-24(19)31-11-8-18(9-12-31)29-10-13-32/h1-5,16,18,22,29,32H,6-13H2,(H2,28,33). The molecule has 1 amide bonds. The maximum atomic E-state index is 12.4. The number of aliphatic hydroxyl groups is 1. The summed E-state index contributed by atoms with van der Waals surface area (Å²) in [6, 6.07) is 14.2. The van der Waals surface area contributed by atoms with E-state index in [0.29, 0.717) is 47.6 Å². The first kappa shape index (κ1) is 24.0. The molecule has 2 fully saturated rings. The maximum Gasteiger partial charge on any atom is 0.235 e. The van der Waals surface area contributed by atoms with Crippen LogP contribution >= 0.6 is 11.8 Å². The minimum absolute atomic E-state index is 0.101. The minimum atomic E-state index is -0.693. The second kappa shape index (κ2) is 10.9. The average molecular weight is 477 g/mol. The lowest BCUT2D eigenvalue weighted by Crippen LogP contribution is -2.44. The summed E-state index contributed by atoms with van der Waals surface area (Å²) >= 11 is 1.19. The number of carbonyl (C=O) groups is 1. The number of amides is 1. The third-order valence-corrected chi connectivity index (χ3v) is 7.58. The highest BCUT2D eigenvalue weighted by atomic mass is 32.2. The number of nitriles is 2. The molecule has 1 unspecified atom stereocenters. The van der Waals surface area contributed by atoms with Crippen LogP contribution in [-0.4, -0.2) is 48.3 Å². The van der Waals surface area contributed by atoms with E-state index in [1.807, 2.05) is 30.3 Å². The average Bonchev–Trinajstić information content (AvgIpc) is 3.71. The molecule has 4 N–H and O–H groups in total. The summed E-state index contributed by atoms with van der Waals surface area (Å²) < 4.78 is 0. The molecule has 8 nitrogen and oxygen atoms in total. The van der Waals surface area contributed by atoms with E-state index < -0.39 is 11.2 Å². The van der Waals surface area contributed by atoms with E-state index in [-0.39, 0.29) is 12.5 Å². The zero-order valence-electron chi connectivity index (χ0n) is 18.9. The van der Waals surface area contributed by atoms with Crippen molar-refractivity contribution in [2.75, 3.05) is 31.1 Å². The SMILES string of the molecule is N#Cc1c(SC(C(N)=O)c2ccccc2)nc(N2CCC(NCCO)CC2)c(C#N)c1C1CC1. The first-order valence-electron chi connectivity index (χ1n) is 11.6. The Hall–Kier alpha value is -3.11. The van der Waals surface area contributed by atoms with E-state index in [0.717, 1.165) is 36.8 Å². The molecule has 1 saturated carbocycles. The number of nitrogens with one attached hydrogen (secondary N) is 1. The van der Waals surface area contributed by atoms with Crippen LogP contribution < -0.4 is 16.0 Å².